The fourth-order valence-corrected chi connectivity index (χ4v) is 2.97. The van der Waals surface area contributed by atoms with Gasteiger partial charge in [0.25, 0.3) is 5.91 Å². The first-order valence-corrected chi connectivity index (χ1v) is 6.80. The number of aromatic nitrogens is 1. The van der Waals surface area contributed by atoms with Crippen molar-refractivity contribution in [2.45, 2.75) is 18.9 Å². The zero-order valence-corrected chi connectivity index (χ0v) is 10.4. The number of halogens is 1. The molecule has 1 amide bonds. The normalized spacial score (nSPS) is 17.1. The molecule has 0 aliphatic carbocycles. The molecule has 0 bridgehead atoms. The van der Waals surface area contributed by atoms with Gasteiger partial charge in [0.2, 0.25) is 0 Å². The number of nitrogens with one attached hydrogen (secondary N) is 1. The maximum absolute atomic E-state index is 11.9. The van der Waals surface area contributed by atoms with Crippen molar-refractivity contribution in [3.63, 3.8) is 0 Å². The van der Waals surface area contributed by atoms with Gasteiger partial charge < -0.3 is 5.32 Å². The van der Waals surface area contributed by atoms with Crippen LogP contribution in [0.2, 0.25) is 5.15 Å². The Morgan fingerprint density at radius 2 is 2.25 bits per heavy atom. The van der Waals surface area contributed by atoms with Gasteiger partial charge in [-0.25, -0.2) is 4.98 Å². The highest BCUT2D eigenvalue weighted by molar-refractivity contribution is 7.99. The highest BCUT2D eigenvalue weighted by Crippen LogP contribution is 2.18. The highest BCUT2D eigenvalue weighted by Gasteiger charge is 2.18. The van der Waals surface area contributed by atoms with Crippen molar-refractivity contribution in [2.75, 3.05) is 11.5 Å². The topological polar surface area (TPSA) is 42.0 Å². The Bertz CT molecular complexity index is 380. The average Bonchev–Trinajstić information content (AvgIpc) is 2.31. The largest absolute Gasteiger partial charge is 0.349 e. The molecule has 0 unspecified atom stereocenters. The van der Waals surface area contributed by atoms with Gasteiger partial charge in [0.15, 0.2) is 0 Å². The lowest BCUT2D eigenvalue weighted by atomic mass is 10.1. The van der Waals surface area contributed by atoms with E-state index in [1.54, 1.807) is 18.3 Å². The summed E-state index contributed by atoms with van der Waals surface area (Å²) < 4.78 is 0. The van der Waals surface area contributed by atoms with Crippen LogP contribution in [0.4, 0.5) is 0 Å². The third-order valence-corrected chi connectivity index (χ3v) is 3.91. The Labute approximate surface area is 104 Å². The standard InChI is InChI=1S/C11H13ClN2OS/c12-10-9(2-1-5-13-10)11(15)14-8-3-6-16-7-4-8/h1-2,5,8H,3-4,6-7H2,(H,14,15). The van der Waals surface area contributed by atoms with Crippen LogP contribution in [0.15, 0.2) is 18.3 Å². The summed E-state index contributed by atoms with van der Waals surface area (Å²) in [4.78, 5) is 15.8. The van der Waals surface area contributed by atoms with Gasteiger partial charge in [-0.05, 0) is 36.5 Å². The molecule has 1 aliphatic rings. The molecule has 1 N–H and O–H groups in total. The first-order valence-electron chi connectivity index (χ1n) is 5.26. The number of pyridine rings is 1. The zero-order chi connectivity index (χ0) is 11.4. The van der Waals surface area contributed by atoms with Crippen LogP contribution in [-0.4, -0.2) is 28.4 Å². The van der Waals surface area contributed by atoms with E-state index < -0.39 is 0 Å². The summed E-state index contributed by atoms with van der Waals surface area (Å²) in [6, 6.07) is 3.70. The summed E-state index contributed by atoms with van der Waals surface area (Å²) in [5, 5.41) is 3.27. The second-order valence-corrected chi connectivity index (χ2v) is 5.28. The zero-order valence-electron chi connectivity index (χ0n) is 8.78. The van der Waals surface area contributed by atoms with Crippen molar-refractivity contribution >= 4 is 29.3 Å². The minimum Gasteiger partial charge on any atom is -0.349 e. The van der Waals surface area contributed by atoms with Crippen LogP contribution in [0.25, 0.3) is 0 Å². The number of thioether (sulfide) groups is 1. The van der Waals surface area contributed by atoms with Crippen LogP contribution < -0.4 is 5.32 Å². The molecule has 3 nitrogen and oxygen atoms in total. The summed E-state index contributed by atoms with van der Waals surface area (Å²) >= 11 is 7.80. The average molecular weight is 257 g/mol. The van der Waals surface area contributed by atoms with Gasteiger partial charge in [0.05, 0.1) is 5.56 Å². The van der Waals surface area contributed by atoms with Crippen LogP contribution >= 0.6 is 23.4 Å². The second-order valence-electron chi connectivity index (χ2n) is 3.70. The number of nitrogens with zero attached hydrogens (tertiary/aromatic N) is 1. The van der Waals surface area contributed by atoms with Crippen molar-refractivity contribution in [1.82, 2.24) is 10.3 Å². The first-order chi connectivity index (χ1) is 7.77. The molecule has 1 aromatic rings. The molecule has 2 heterocycles. The molecule has 1 aromatic heterocycles. The summed E-state index contributed by atoms with van der Waals surface area (Å²) in [5.41, 5.74) is 0.461. The van der Waals surface area contributed by atoms with E-state index in [-0.39, 0.29) is 17.1 Å². The van der Waals surface area contributed by atoms with E-state index in [4.69, 9.17) is 11.6 Å². The summed E-state index contributed by atoms with van der Waals surface area (Å²) in [7, 11) is 0. The smallest absolute Gasteiger partial charge is 0.254 e. The number of hydrogen-bond acceptors (Lipinski definition) is 3. The molecular formula is C11H13ClN2OS. The molecule has 1 aliphatic heterocycles. The molecule has 0 saturated carbocycles. The quantitative estimate of drug-likeness (QED) is 0.826. The van der Waals surface area contributed by atoms with Crippen molar-refractivity contribution in [2.24, 2.45) is 0 Å². The van der Waals surface area contributed by atoms with E-state index in [9.17, 15) is 4.79 Å². The molecule has 5 heteroatoms. The molecule has 0 spiro atoms. The van der Waals surface area contributed by atoms with E-state index >= 15 is 0 Å². The van der Waals surface area contributed by atoms with E-state index in [1.165, 1.54) is 0 Å². The fourth-order valence-electron chi connectivity index (χ4n) is 1.66. The summed E-state index contributed by atoms with van der Waals surface area (Å²) in [6.45, 7) is 0. The van der Waals surface area contributed by atoms with Crippen molar-refractivity contribution in [3.05, 3.63) is 29.0 Å². The number of hydrogen-bond donors (Lipinski definition) is 1. The lowest BCUT2D eigenvalue weighted by Gasteiger charge is -2.22. The van der Waals surface area contributed by atoms with Crippen molar-refractivity contribution in [3.8, 4) is 0 Å². The van der Waals surface area contributed by atoms with Gasteiger partial charge in [-0.1, -0.05) is 11.6 Å². The van der Waals surface area contributed by atoms with E-state index in [1.807, 2.05) is 11.8 Å². The van der Waals surface area contributed by atoms with Gasteiger partial charge in [-0.15, -0.1) is 0 Å². The predicted octanol–water partition coefficient (Wildman–Crippen LogP) is 2.36. The number of carbonyl (C=O) groups excluding carboxylic acids is 1. The molecule has 0 atom stereocenters. The molecule has 1 saturated heterocycles. The van der Waals surface area contributed by atoms with Crippen molar-refractivity contribution < 1.29 is 4.79 Å². The predicted molar refractivity (Wildman–Crippen MR) is 67.1 cm³/mol. The van der Waals surface area contributed by atoms with Crippen molar-refractivity contribution in [1.29, 1.82) is 0 Å². The monoisotopic (exact) mass is 256 g/mol. The maximum Gasteiger partial charge on any atom is 0.254 e. The van der Waals surface area contributed by atoms with Crippen LogP contribution in [0.1, 0.15) is 23.2 Å². The molecule has 2 rings (SSSR count). The van der Waals surface area contributed by atoms with Gasteiger partial charge in [-0.3, -0.25) is 4.79 Å². The second kappa shape index (κ2) is 5.55. The minimum absolute atomic E-state index is 0.116. The Kier molecular flexibility index (Phi) is 4.07. The SMILES string of the molecule is O=C(NC1CCSCC1)c1cccnc1Cl. The Morgan fingerprint density at radius 1 is 1.50 bits per heavy atom. The number of rotatable bonds is 2. The highest BCUT2D eigenvalue weighted by atomic mass is 35.5. The molecule has 16 heavy (non-hydrogen) atoms. The molecule has 1 fully saturated rings. The van der Waals surface area contributed by atoms with Gasteiger partial charge >= 0.3 is 0 Å². The summed E-state index contributed by atoms with van der Waals surface area (Å²) in [5.74, 6) is 2.12. The van der Waals surface area contributed by atoms with E-state index in [0.717, 1.165) is 24.3 Å². The van der Waals surface area contributed by atoms with Crippen LogP contribution in [0.5, 0.6) is 0 Å². The molecule has 0 radical (unpaired) electrons. The number of amides is 1. The number of carbonyl (C=O) groups is 1. The van der Waals surface area contributed by atoms with E-state index in [0.29, 0.717) is 5.56 Å². The van der Waals surface area contributed by atoms with E-state index in [2.05, 4.69) is 10.3 Å². The first kappa shape index (κ1) is 11.7. The minimum atomic E-state index is -0.116. The van der Waals surface area contributed by atoms with Crippen LogP contribution in [0.3, 0.4) is 0 Å². The van der Waals surface area contributed by atoms with Gasteiger partial charge in [-0.2, -0.15) is 11.8 Å². The third-order valence-electron chi connectivity index (χ3n) is 2.56. The third kappa shape index (κ3) is 2.89. The fraction of sp³-hybridized carbons (Fsp3) is 0.455. The van der Waals surface area contributed by atoms with Gasteiger partial charge in [0.1, 0.15) is 5.15 Å². The molecule has 0 aromatic carbocycles. The summed E-state index contributed by atoms with van der Waals surface area (Å²) in [6.07, 6.45) is 3.65. The van der Waals surface area contributed by atoms with Crippen LogP contribution in [0, 0.1) is 0 Å². The Hall–Kier alpha value is -0.740. The maximum atomic E-state index is 11.9. The van der Waals surface area contributed by atoms with Crippen LogP contribution in [-0.2, 0) is 0 Å². The molecule has 86 valence electrons. The van der Waals surface area contributed by atoms with Gasteiger partial charge in [0, 0.05) is 12.2 Å². The Morgan fingerprint density at radius 3 is 2.94 bits per heavy atom. The molecular weight excluding hydrogens is 244 g/mol. The lowest BCUT2D eigenvalue weighted by molar-refractivity contribution is 0.0934. The Balaban J connectivity index is 2.00. The lowest BCUT2D eigenvalue weighted by Crippen LogP contribution is -2.37.